The predicted molar refractivity (Wildman–Crippen MR) is 110 cm³/mol. The van der Waals surface area contributed by atoms with E-state index in [1.165, 1.54) is 6.07 Å². The Kier molecular flexibility index (Phi) is 5.78. The van der Waals surface area contributed by atoms with Gasteiger partial charge >= 0.3 is 0 Å². The fraction of sp³-hybridized carbons (Fsp3) is 0.455. The topological polar surface area (TPSA) is 59.9 Å². The number of anilines is 2. The lowest BCUT2D eigenvalue weighted by Gasteiger charge is -2.35. The maximum Gasteiger partial charge on any atom is 0.230 e. The van der Waals surface area contributed by atoms with Gasteiger partial charge in [0.05, 0.1) is 24.2 Å². The second kappa shape index (κ2) is 8.47. The third-order valence-electron chi connectivity index (χ3n) is 5.99. The smallest absolute Gasteiger partial charge is 0.230 e. The number of carbonyl (C=O) groups is 1. The van der Waals surface area contributed by atoms with E-state index < -0.39 is 0 Å². The average Bonchev–Trinajstić information content (AvgIpc) is 3.10. The Morgan fingerprint density at radius 3 is 2.62 bits per heavy atom. The number of hydrogen-bond acceptors (Lipinski definition) is 5. The molecule has 6 nitrogen and oxygen atoms in total. The van der Waals surface area contributed by atoms with Crippen molar-refractivity contribution in [1.29, 1.82) is 0 Å². The molecule has 0 saturated carbocycles. The number of aromatic nitrogens is 1. The molecule has 0 spiro atoms. The number of aliphatic hydroxyl groups excluding tert-OH is 1. The molecule has 3 heterocycles. The van der Waals surface area contributed by atoms with Crippen molar-refractivity contribution in [2.24, 2.45) is 5.92 Å². The van der Waals surface area contributed by atoms with Gasteiger partial charge in [0.2, 0.25) is 5.91 Å². The van der Waals surface area contributed by atoms with Gasteiger partial charge in [-0.25, -0.2) is 4.39 Å². The summed E-state index contributed by atoms with van der Waals surface area (Å²) < 4.78 is 14.8. The largest absolute Gasteiger partial charge is 0.390 e. The quantitative estimate of drug-likeness (QED) is 0.836. The van der Waals surface area contributed by atoms with Crippen molar-refractivity contribution < 1.29 is 14.3 Å². The fourth-order valence-electron chi connectivity index (χ4n) is 4.19. The number of hydrogen-bond donors (Lipinski definition) is 1. The van der Waals surface area contributed by atoms with E-state index in [2.05, 4.69) is 21.8 Å². The van der Waals surface area contributed by atoms with Crippen molar-refractivity contribution in [3.8, 4) is 0 Å². The molecule has 29 heavy (non-hydrogen) atoms. The summed E-state index contributed by atoms with van der Waals surface area (Å²) in [5.41, 5.74) is 2.85. The van der Waals surface area contributed by atoms with Crippen LogP contribution >= 0.6 is 0 Å². The van der Waals surface area contributed by atoms with Crippen LogP contribution in [-0.4, -0.2) is 60.7 Å². The lowest BCUT2D eigenvalue weighted by molar-refractivity contribution is -0.120. The predicted octanol–water partition coefficient (Wildman–Crippen LogP) is 2.06. The molecule has 2 aliphatic rings. The zero-order chi connectivity index (χ0) is 20.4. The number of piperazine rings is 1. The molecular formula is C22H27FN4O2. The molecule has 1 unspecified atom stereocenters. The summed E-state index contributed by atoms with van der Waals surface area (Å²) in [6, 6.07) is 8.74. The minimum atomic E-state index is -0.240. The van der Waals surface area contributed by atoms with Gasteiger partial charge in [-0.15, -0.1) is 0 Å². The molecule has 2 saturated heterocycles. The number of carbonyl (C=O) groups excluding carboxylic acids is 1. The third kappa shape index (κ3) is 4.11. The van der Waals surface area contributed by atoms with Crippen molar-refractivity contribution >= 4 is 17.3 Å². The van der Waals surface area contributed by atoms with Gasteiger partial charge in [0.15, 0.2) is 0 Å². The van der Waals surface area contributed by atoms with Crippen LogP contribution in [0.25, 0.3) is 0 Å². The maximum absolute atomic E-state index is 14.8. The van der Waals surface area contributed by atoms with E-state index in [1.54, 1.807) is 29.3 Å². The summed E-state index contributed by atoms with van der Waals surface area (Å²) >= 11 is 0. The molecule has 0 bridgehead atoms. The normalized spacial score (nSPS) is 20.5. The van der Waals surface area contributed by atoms with Crippen LogP contribution in [0.5, 0.6) is 0 Å². The first-order chi connectivity index (χ1) is 14.1. The van der Waals surface area contributed by atoms with Gasteiger partial charge in [-0.1, -0.05) is 6.07 Å². The fourth-order valence-corrected chi connectivity index (χ4v) is 4.19. The van der Waals surface area contributed by atoms with Crippen molar-refractivity contribution in [3.05, 3.63) is 53.6 Å². The van der Waals surface area contributed by atoms with Crippen LogP contribution in [0.1, 0.15) is 17.7 Å². The molecule has 1 aromatic carbocycles. The minimum absolute atomic E-state index is 0.0103. The van der Waals surface area contributed by atoms with Gasteiger partial charge < -0.3 is 19.8 Å². The molecule has 1 atom stereocenters. The van der Waals surface area contributed by atoms with Crippen molar-refractivity contribution in [1.82, 2.24) is 9.88 Å². The van der Waals surface area contributed by atoms with Gasteiger partial charge in [-0.3, -0.25) is 9.78 Å². The van der Waals surface area contributed by atoms with Gasteiger partial charge in [0.25, 0.3) is 0 Å². The van der Waals surface area contributed by atoms with Gasteiger partial charge in [-0.05, 0) is 44.2 Å². The number of amides is 1. The first kappa shape index (κ1) is 19.8. The summed E-state index contributed by atoms with van der Waals surface area (Å²) in [4.78, 5) is 23.4. The first-order valence-corrected chi connectivity index (χ1v) is 10.1. The first-order valence-electron chi connectivity index (χ1n) is 10.1. The van der Waals surface area contributed by atoms with Crippen molar-refractivity contribution in [2.45, 2.75) is 19.4 Å². The number of benzene rings is 1. The second-order valence-electron chi connectivity index (χ2n) is 7.87. The zero-order valence-corrected chi connectivity index (χ0v) is 16.7. The number of aliphatic hydroxyl groups is 1. The lowest BCUT2D eigenvalue weighted by Crippen LogP contribution is -2.45. The van der Waals surface area contributed by atoms with Crippen molar-refractivity contribution in [2.75, 3.05) is 49.6 Å². The average molecular weight is 398 g/mol. The van der Waals surface area contributed by atoms with E-state index >= 15 is 0 Å². The van der Waals surface area contributed by atoms with Gasteiger partial charge in [0.1, 0.15) is 5.82 Å². The summed E-state index contributed by atoms with van der Waals surface area (Å²) in [5, 5.41) is 9.14. The standard InChI is InChI=1S/C22H27FN4O2/c1-25-9-11-26(12-10-25)21-4-2-3-20(23)19(21)13-16-7-8-27(22(16)29)18-6-5-17(15-28)24-14-18/h2-6,14,16,28H,7-13,15H2,1H3. The molecule has 0 radical (unpaired) electrons. The highest BCUT2D eigenvalue weighted by molar-refractivity contribution is 5.97. The Bertz CT molecular complexity index is 866. The number of halogens is 1. The van der Waals surface area contributed by atoms with E-state index in [9.17, 15) is 9.18 Å². The maximum atomic E-state index is 14.8. The summed E-state index contributed by atoms with van der Waals surface area (Å²) in [7, 11) is 2.09. The molecule has 2 aliphatic heterocycles. The van der Waals surface area contributed by atoms with Crippen LogP contribution in [0.4, 0.5) is 15.8 Å². The molecule has 0 aliphatic carbocycles. The zero-order valence-electron chi connectivity index (χ0n) is 16.7. The Hall–Kier alpha value is -2.51. The second-order valence-corrected chi connectivity index (χ2v) is 7.87. The van der Waals surface area contributed by atoms with Crippen LogP contribution in [0.2, 0.25) is 0 Å². The highest BCUT2D eigenvalue weighted by Crippen LogP contribution is 2.32. The molecule has 2 aromatic rings. The summed E-state index contributed by atoms with van der Waals surface area (Å²) in [5.74, 6) is -0.464. The van der Waals surface area contributed by atoms with E-state index in [1.807, 2.05) is 6.07 Å². The Morgan fingerprint density at radius 2 is 1.93 bits per heavy atom. The van der Waals surface area contributed by atoms with Crippen molar-refractivity contribution in [3.63, 3.8) is 0 Å². The Balaban J connectivity index is 1.51. The SMILES string of the molecule is CN1CCN(c2cccc(F)c2CC2CCN(c3ccc(CO)nc3)C2=O)CC1. The number of likely N-dealkylation sites (N-methyl/N-ethyl adjacent to an activating group) is 1. The molecule has 4 rings (SSSR count). The molecule has 1 amide bonds. The summed E-state index contributed by atoms with van der Waals surface area (Å²) in [6.07, 6.45) is 2.72. The Morgan fingerprint density at radius 1 is 1.14 bits per heavy atom. The molecule has 1 aromatic heterocycles. The Labute approximate surface area is 170 Å². The highest BCUT2D eigenvalue weighted by atomic mass is 19.1. The van der Waals surface area contributed by atoms with Crippen LogP contribution in [-0.2, 0) is 17.8 Å². The van der Waals surface area contributed by atoms with Crippen LogP contribution in [0.3, 0.4) is 0 Å². The molecule has 7 heteroatoms. The van der Waals surface area contributed by atoms with Gasteiger partial charge in [0, 0.05) is 49.9 Å². The van der Waals surface area contributed by atoms with Crippen LogP contribution < -0.4 is 9.80 Å². The number of nitrogens with zero attached hydrogens (tertiary/aromatic N) is 4. The minimum Gasteiger partial charge on any atom is -0.390 e. The van der Waals surface area contributed by atoms with Gasteiger partial charge in [-0.2, -0.15) is 0 Å². The third-order valence-corrected chi connectivity index (χ3v) is 5.99. The lowest BCUT2D eigenvalue weighted by atomic mass is 9.95. The molecule has 2 fully saturated rings. The summed E-state index contributed by atoms with van der Waals surface area (Å²) in [6.45, 7) is 4.09. The van der Waals surface area contributed by atoms with Crippen LogP contribution in [0, 0.1) is 11.7 Å². The van der Waals surface area contributed by atoms with E-state index in [-0.39, 0.29) is 24.2 Å². The molecular weight excluding hydrogens is 371 g/mol. The van der Waals surface area contributed by atoms with E-state index in [0.29, 0.717) is 30.6 Å². The monoisotopic (exact) mass is 398 g/mol. The van der Waals surface area contributed by atoms with E-state index in [4.69, 9.17) is 5.11 Å². The highest BCUT2D eigenvalue weighted by Gasteiger charge is 2.34. The number of rotatable bonds is 5. The van der Waals surface area contributed by atoms with E-state index in [0.717, 1.165) is 37.6 Å². The molecule has 154 valence electrons. The molecule has 1 N–H and O–H groups in total. The van der Waals surface area contributed by atoms with Crippen LogP contribution in [0.15, 0.2) is 36.5 Å². The number of pyridine rings is 1.